The molecule has 0 spiro atoms. The van der Waals surface area contributed by atoms with Gasteiger partial charge in [-0.05, 0) is 11.6 Å². The molecule has 0 aliphatic carbocycles. The second-order valence-electron chi connectivity index (χ2n) is 4.76. The lowest BCUT2D eigenvalue weighted by Crippen LogP contribution is -2.35. The fraction of sp³-hybridized carbons (Fsp3) is 0.429. The molecule has 1 fully saturated rings. The Kier molecular flexibility index (Phi) is 4.05. The molecule has 0 unspecified atom stereocenters. The van der Waals surface area contributed by atoms with Gasteiger partial charge in [0.05, 0.1) is 13.2 Å². The minimum atomic E-state index is -0.236. The summed E-state index contributed by atoms with van der Waals surface area (Å²) in [5.74, 6) is 0.747. The van der Waals surface area contributed by atoms with Gasteiger partial charge in [-0.1, -0.05) is 23.4 Å². The maximum Gasteiger partial charge on any atom is 0.252 e. The van der Waals surface area contributed by atoms with Gasteiger partial charge in [-0.2, -0.15) is 4.98 Å². The summed E-state index contributed by atoms with van der Waals surface area (Å²) >= 11 is 0. The second kappa shape index (κ2) is 6.13. The van der Waals surface area contributed by atoms with Crippen LogP contribution < -0.4 is 0 Å². The van der Waals surface area contributed by atoms with E-state index < -0.39 is 0 Å². The van der Waals surface area contributed by atoms with Crippen molar-refractivity contribution in [2.24, 2.45) is 0 Å². The highest BCUT2D eigenvalue weighted by atomic mass is 16.5. The van der Waals surface area contributed by atoms with E-state index in [0.29, 0.717) is 5.82 Å². The van der Waals surface area contributed by atoms with Gasteiger partial charge in [0.15, 0.2) is 0 Å². The van der Waals surface area contributed by atoms with Crippen molar-refractivity contribution in [1.82, 2.24) is 15.0 Å². The predicted octanol–water partition coefficient (Wildman–Crippen LogP) is 1.06. The predicted molar refractivity (Wildman–Crippen MR) is 71.8 cm³/mol. The van der Waals surface area contributed by atoms with Crippen LogP contribution in [0.3, 0.4) is 0 Å². The molecule has 1 aliphatic rings. The molecule has 2 heterocycles. The minimum absolute atomic E-state index is 0.235. The van der Waals surface area contributed by atoms with E-state index in [2.05, 4.69) is 27.2 Å². The molecule has 3 rings (SSSR count). The molecule has 1 aliphatic heterocycles. The number of benzene rings is 1. The van der Waals surface area contributed by atoms with E-state index in [1.165, 1.54) is 5.56 Å². The van der Waals surface area contributed by atoms with Crippen molar-refractivity contribution in [3.8, 4) is 11.4 Å². The first-order chi connectivity index (χ1) is 9.85. The Balaban J connectivity index is 1.74. The molecular weight excluding hydrogens is 258 g/mol. The van der Waals surface area contributed by atoms with Crippen LogP contribution in [0, 0.1) is 0 Å². The Bertz CT molecular complexity index is 564. The van der Waals surface area contributed by atoms with Crippen LogP contribution in [0.5, 0.6) is 0 Å². The SMILES string of the molecule is OCc1nc(-c2cccc(CN3CCOCC3)c2)no1. The topological polar surface area (TPSA) is 71.6 Å². The zero-order chi connectivity index (χ0) is 13.8. The lowest BCUT2D eigenvalue weighted by molar-refractivity contribution is 0.0342. The van der Waals surface area contributed by atoms with Gasteiger partial charge in [0, 0.05) is 25.2 Å². The number of nitrogens with zero attached hydrogens (tertiary/aromatic N) is 3. The Morgan fingerprint density at radius 1 is 1.25 bits per heavy atom. The molecule has 1 N–H and O–H groups in total. The molecule has 2 aromatic rings. The summed E-state index contributed by atoms with van der Waals surface area (Å²) in [6.07, 6.45) is 0. The van der Waals surface area contributed by atoms with Crippen molar-refractivity contribution in [2.75, 3.05) is 26.3 Å². The van der Waals surface area contributed by atoms with E-state index in [1.54, 1.807) is 0 Å². The maximum atomic E-state index is 8.95. The quantitative estimate of drug-likeness (QED) is 0.899. The number of aliphatic hydroxyl groups excluding tert-OH is 1. The fourth-order valence-corrected chi connectivity index (χ4v) is 2.26. The Hall–Kier alpha value is -1.76. The van der Waals surface area contributed by atoms with Gasteiger partial charge in [-0.25, -0.2) is 0 Å². The summed E-state index contributed by atoms with van der Waals surface area (Å²) < 4.78 is 10.3. The monoisotopic (exact) mass is 275 g/mol. The molecule has 1 saturated heterocycles. The van der Waals surface area contributed by atoms with Gasteiger partial charge in [0.1, 0.15) is 6.61 Å². The van der Waals surface area contributed by atoms with E-state index >= 15 is 0 Å². The first kappa shape index (κ1) is 13.2. The number of ether oxygens (including phenoxy) is 1. The van der Waals surface area contributed by atoms with Crippen LogP contribution in [0.15, 0.2) is 28.8 Å². The Labute approximate surface area is 117 Å². The minimum Gasteiger partial charge on any atom is -0.387 e. The van der Waals surface area contributed by atoms with E-state index in [1.807, 2.05) is 12.1 Å². The van der Waals surface area contributed by atoms with Crippen LogP contribution in [0.25, 0.3) is 11.4 Å². The molecule has 0 atom stereocenters. The third-order valence-corrected chi connectivity index (χ3v) is 3.30. The summed E-state index contributed by atoms with van der Waals surface area (Å²) in [7, 11) is 0. The molecule has 6 nitrogen and oxygen atoms in total. The maximum absolute atomic E-state index is 8.95. The molecule has 0 saturated carbocycles. The smallest absolute Gasteiger partial charge is 0.252 e. The fourth-order valence-electron chi connectivity index (χ4n) is 2.26. The number of morpholine rings is 1. The first-order valence-corrected chi connectivity index (χ1v) is 6.68. The Morgan fingerprint density at radius 3 is 2.85 bits per heavy atom. The second-order valence-corrected chi connectivity index (χ2v) is 4.76. The van der Waals surface area contributed by atoms with Crippen LogP contribution in [0.1, 0.15) is 11.5 Å². The lowest BCUT2D eigenvalue weighted by atomic mass is 10.1. The van der Waals surface area contributed by atoms with Crippen molar-refractivity contribution in [1.29, 1.82) is 0 Å². The van der Waals surface area contributed by atoms with E-state index in [9.17, 15) is 0 Å². The third kappa shape index (κ3) is 3.04. The van der Waals surface area contributed by atoms with Gasteiger partial charge in [0.25, 0.3) is 5.89 Å². The van der Waals surface area contributed by atoms with Crippen molar-refractivity contribution >= 4 is 0 Å². The molecular formula is C14H17N3O3. The number of rotatable bonds is 4. The molecule has 6 heteroatoms. The van der Waals surface area contributed by atoms with Crippen LogP contribution in [0.4, 0.5) is 0 Å². The highest BCUT2D eigenvalue weighted by Gasteiger charge is 2.12. The molecule has 1 aromatic heterocycles. The summed E-state index contributed by atoms with van der Waals surface area (Å²) in [6, 6.07) is 8.07. The van der Waals surface area contributed by atoms with Crippen molar-refractivity contribution < 1.29 is 14.4 Å². The summed E-state index contributed by atoms with van der Waals surface area (Å²) in [6.45, 7) is 4.17. The number of hydrogen-bond acceptors (Lipinski definition) is 6. The lowest BCUT2D eigenvalue weighted by Gasteiger charge is -2.26. The van der Waals surface area contributed by atoms with Gasteiger partial charge in [-0.3, -0.25) is 4.90 Å². The Morgan fingerprint density at radius 2 is 2.10 bits per heavy atom. The summed E-state index contributed by atoms with van der Waals surface area (Å²) in [5, 5.41) is 12.8. The molecule has 0 amide bonds. The molecule has 0 radical (unpaired) electrons. The summed E-state index contributed by atoms with van der Waals surface area (Å²) in [4.78, 5) is 6.48. The van der Waals surface area contributed by atoms with Crippen LogP contribution in [0.2, 0.25) is 0 Å². The van der Waals surface area contributed by atoms with Gasteiger partial charge < -0.3 is 14.4 Å². The average Bonchev–Trinajstić information content (AvgIpc) is 2.98. The van der Waals surface area contributed by atoms with Crippen molar-refractivity contribution in [3.63, 3.8) is 0 Å². The normalized spacial score (nSPS) is 16.4. The van der Waals surface area contributed by atoms with E-state index in [-0.39, 0.29) is 12.5 Å². The zero-order valence-electron chi connectivity index (χ0n) is 11.2. The molecule has 106 valence electrons. The van der Waals surface area contributed by atoms with Crippen molar-refractivity contribution in [3.05, 3.63) is 35.7 Å². The van der Waals surface area contributed by atoms with Gasteiger partial charge in [0.2, 0.25) is 5.82 Å². The number of aliphatic hydroxyl groups is 1. The standard InChI is InChI=1S/C14H17N3O3/c18-10-13-15-14(16-20-13)12-3-1-2-11(8-12)9-17-4-6-19-7-5-17/h1-3,8,18H,4-7,9-10H2. The first-order valence-electron chi connectivity index (χ1n) is 6.68. The highest BCUT2D eigenvalue weighted by Crippen LogP contribution is 2.18. The molecule has 0 bridgehead atoms. The number of hydrogen-bond donors (Lipinski definition) is 1. The van der Waals surface area contributed by atoms with Crippen LogP contribution in [-0.4, -0.2) is 46.5 Å². The number of aromatic nitrogens is 2. The molecule has 1 aromatic carbocycles. The van der Waals surface area contributed by atoms with Gasteiger partial charge >= 0.3 is 0 Å². The largest absolute Gasteiger partial charge is 0.387 e. The third-order valence-electron chi connectivity index (χ3n) is 3.30. The van der Waals surface area contributed by atoms with Crippen LogP contribution >= 0.6 is 0 Å². The van der Waals surface area contributed by atoms with Gasteiger partial charge in [-0.15, -0.1) is 0 Å². The average molecular weight is 275 g/mol. The van der Waals surface area contributed by atoms with Crippen LogP contribution in [-0.2, 0) is 17.9 Å². The molecule has 20 heavy (non-hydrogen) atoms. The highest BCUT2D eigenvalue weighted by molar-refractivity contribution is 5.55. The van der Waals surface area contributed by atoms with Crippen molar-refractivity contribution in [2.45, 2.75) is 13.2 Å². The summed E-state index contributed by atoms with van der Waals surface area (Å²) in [5.41, 5.74) is 2.11. The zero-order valence-corrected chi connectivity index (χ0v) is 11.2. The van der Waals surface area contributed by atoms with E-state index in [0.717, 1.165) is 38.4 Å². The van der Waals surface area contributed by atoms with E-state index in [4.69, 9.17) is 14.4 Å².